The van der Waals surface area contributed by atoms with Crippen molar-refractivity contribution < 1.29 is 9.59 Å². The van der Waals surface area contributed by atoms with Crippen LogP contribution in [0, 0.1) is 5.92 Å². The van der Waals surface area contributed by atoms with Gasteiger partial charge in [-0.25, -0.2) is 4.98 Å². The van der Waals surface area contributed by atoms with E-state index in [1.54, 1.807) is 6.20 Å². The number of para-hydroxylation sites is 1. The monoisotopic (exact) mass is 358 g/mol. The molecular formula is C18H22N4O2S. The highest BCUT2D eigenvalue weighted by molar-refractivity contribution is 7.13. The first kappa shape index (κ1) is 17.6. The summed E-state index contributed by atoms with van der Waals surface area (Å²) in [5.41, 5.74) is 0.825. The van der Waals surface area contributed by atoms with Gasteiger partial charge in [-0.15, -0.1) is 11.3 Å². The van der Waals surface area contributed by atoms with Gasteiger partial charge in [-0.3, -0.25) is 14.5 Å². The Balaban J connectivity index is 1.47. The van der Waals surface area contributed by atoms with Crippen molar-refractivity contribution in [1.29, 1.82) is 0 Å². The van der Waals surface area contributed by atoms with Crippen LogP contribution in [0.15, 0.2) is 41.9 Å². The van der Waals surface area contributed by atoms with E-state index in [1.165, 1.54) is 11.3 Å². The molecule has 1 aromatic carbocycles. The Hall–Kier alpha value is -2.25. The van der Waals surface area contributed by atoms with Crippen LogP contribution < -0.4 is 10.6 Å². The first-order valence-corrected chi connectivity index (χ1v) is 9.32. The van der Waals surface area contributed by atoms with Gasteiger partial charge in [-0.05, 0) is 45.0 Å². The van der Waals surface area contributed by atoms with Crippen LogP contribution in [0.4, 0.5) is 10.8 Å². The number of benzene rings is 1. The molecule has 1 unspecified atom stereocenters. The van der Waals surface area contributed by atoms with E-state index in [2.05, 4.69) is 20.5 Å². The van der Waals surface area contributed by atoms with Gasteiger partial charge in [0.05, 0.1) is 6.04 Å². The molecule has 2 heterocycles. The second-order valence-corrected chi connectivity index (χ2v) is 7.06. The summed E-state index contributed by atoms with van der Waals surface area (Å²) in [6, 6.07) is 9.27. The SMILES string of the molecule is CC(C(=O)Nc1nccs1)N1CCC(C(=O)Nc2ccccc2)CC1. The summed E-state index contributed by atoms with van der Waals surface area (Å²) in [6.45, 7) is 3.37. The molecule has 2 N–H and O–H groups in total. The lowest BCUT2D eigenvalue weighted by molar-refractivity contribution is -0.123. The van der Waals surface area contributed by atoms with Crippen LogP contribution in [-0.4, -0.2) is 40.8 Å². The van der Waals surface area contributed by atoms with Crippen molar-refractivity contribution in [2.75, 3.05) is 23.7 Å². The fourth-order valence-electron chi connectivity index (χ4n) is 2.98. The molecule has 1 saturated heterocycles. The Morgan fingerprint density at radius 3 is 2.56 bits per heavy atom. The second kappa shape index (κ2) is 8.22. The number of rotatable bonds is 5. The average Bonchev–Trinajstić information content (AvgIpc) is 3.15. The van der Waals surface area contributed by atoms with Gasteiger partial charge in [0.15, 0.2) is 5.13 Å². The Kier molecular flexibility index (Phi) is 5.78. The van der Waals surface area contributed by atoms with Crippen LogP contribution in [0.2, 0.25) is 0 Å². The third-order valence-electron chi connectivity index (χ3n) is 4.53. The molecule has 1 aliphatic rings. The molecule has 132 valence electrons. The number of thiazole rings is 1. The van der Waals surface area contributed by atoms with Crippen molar-refractivity contribution >= 4 is 34.0 Å². The van der Waals surface area contributed by atoms with Crippen LogP contribution in [0.5, 0.6) is 0 Å². The molecule has 2 aromatic rings. The van der Waals surface area contributed by atoms with Gasteiger partial charge in [0.1, 0.15) is 0 Å². The van der Waals surface area contributed by atoms with Crippen molar-refractivity contribution in [2.45, 2.75) is 25.8 Å². The summed E-state index contributed by atoms with van der Waals surface area (Å²) in [5.74, 6) is -0.00134. The molecule has 6 nitrogen and oxygen atoms in total. The topological polar surface area (TPSA) is 74.3 Å². The maximum Gasteiger partial charge on any atom is 0.243 e. The molecule has 25 heavy (non-hydrogen) atoms. The van der Waals surface area contributed by atoms with Gasteiger partial charge in [0.25, 0.3) is 0 Å². The zero-order valence-electron chi connectivity index (χ0n) is 14.1. The van der Waals surface area contributed by atoms with Crippen molar-refractivity contribution in [3.63, 3.8) is 0 Å². The maximum atomic E-state index is 12.4. The molecule has 2 amide bonds. The van der Waals surface area contributed by atoms with Gasteiger partial charge >= 0.3 is 0 Å². The highest BCUT2D eigenvalue weighted by Crippen LogP contribution is 2.21. The van der Waals surface area contributed by atoms with Crippen molar-refractivity contribution in [3.8, 4) is 0 Å². The molecule has 1 aromatic heterocycles. The summed E-state index contributed by atoms with van der Waals surface area (Å²) in [7, 11) is 0. The van der Waals surface area contributed by atoms with Gasteiger partial charge in [-0.1, -0.05) is 18.2 Å². The summed E-state index contributed by atoms with van der Waals surface area (Å²) in [5, 5.41) is 8.25. The number of nitrogens with one attached hydrogen (secondary N) is 2. The number of nitrogens with zero attached hydrogens (tertiary/aromatic N) is 2. The van der Waals surface area contributed by atoms with Gasteiger partial charge in [0.2, 0.25) is 11.8 Å². The van der Waals surface area contributed by atoms with Crippen molar-refractivity contribution in [3.05, 3.63) is 41.9 Å². The molecule has 0 aliphatic carbocycles. The van der Waals surface area contributed by atoms with Crippen LogP contribution in [0.25, 0.3) is 0 Å². The number of amides is 2. The van der Waals surface area contributed by atoms with Crippen molar-refractivity contribution in [1.82, 2.24) is 9.88 Å². The smallest absolute Gasteiger partial charge is 0.243 e. The number of carbonyl (C=O) groups is 2. The largest absolute Gasteiger partial charge is 0.326 e. The third-order valence-corrected chi connectivity index (χ3v) is 5.22. The molecule has 0 saturated carbocycles. The number of hydrogen-bond acceptors (Lipinski definition) is 5. The van der Waals surface area contributed by atoms with E-state index in [4.69, 9.17) is 0 Å². The minimum absolute atomic E-state index is 0.00863. The summed E-state index contributed by atoms with van der Waals surface area (Å²) >= 11 is 1.41. The van der Waals surface area contributed by atoms with Crippen LogP contribution in [-0.2, 0) is 9.59 Å². The number of aromatic nitrogens is 1. The lowest BCUT2D eigenvalue weighted by atomic mass is 9.94. The third kappa shape index (κ3) is 4.64. The Morgan fingerprint density at radius 2 is 1.92 bits per heavy atom. The molecule has 1 atom stereocenters. The molecule has 3 rings (SSSR count). The quantitative estimate of drug-likeness (QED) is 0.862. The fraction of sp³-hybridized carbons (Fsp3) is 0.389. The van der Waals surface area contributed by atoms with Gasteiger partial charge in [0, 0.05) is 23.2 Å². The molecule has 0 radical (unpaired) electrons. The molecule has 1 aliphatic heterocycles. The maximum absolute atomic E-state index is 12.4. The fourth-order valence-corrected chi connectivity index (χ4v) is 3.51. The highest BCUT2D eigenvalue weighted by Gasteiger charge is 2.30. The van der Waals surface area contributed by atoms with E-state index in [0.717, 1.165) is 31.6 Å². The zero-order chi connectivity index (χ0) is 17.6. The van der Waals surface area contributed by atoms with Gasteiger partial charge in [-0.2, -0.15) is 0 Å². The molecule has 1 fully saturated rings. The van der Waals surface area contributed by atoms with E-state index >= 15 is 0 Å². The van der Waals surface area contributed by atoms with E-state index in [-0.39, 0.29) is 23.8 Å². The van der Waals surface area contributed by atoms with Crippen LogP contribution in [0.3, 0.4) is 0 Å². The standard InChI is InChI=1S/C18H22N4O2S/c1-13(16(23)21-18-19-9-12-25-18)22-10-7-14(8-11-22)17(24)20-15-5-3-2-4-6-15/h2-6,9,12-14H,7-8,10-11H2,1H3,(H,20,24)(H,19,21,23). The number of hydrogen-bond donors (Lipinski definition) is 2. The Labute approximate surface area is 151 Å². The zero-order valence-corrected chi connectivity index (χ0v) is 15.0. The molecule has 7 heteroatoms. The lowest BCUT2D eigenvalue weighted by Gasteiger charge is -2.34. The number of piperidine rings is 1. The van der Waals surface area contributed by atoms with E-state index in [1.807, 2.05) is 42.6 Å². The first-order chi connectivity index (χ1) is 12.1. The number of likely N-dealkylation sites (tertiary alicyclic amines) is 1. The Morgan fingerprint density at radius 1 is 1.20 bits per heavy atom. The van der Waals surface area contributed by atoms with E-state index < -0.39 is 0 Å². The highest BCUT2D eigenvalue weighted by atomic mass is 32.1. The average molecular weight is 358 g/mol. The predicted octanol–water partition coefficient (Wildman–Crippen LogP) is 2.82. The summed E-state index contributed by atoms with van der Waals surface area (Å²) < 4.78 is 0. The van der Waals surface area contributed by atoms with Crippen molar-refractivity contribution in [2.24, 2.45) is 5.92 Å². The Bertz CT molecular complexity index is 697. The lowest BCUT2D eigenvalue weighted by Crippen LogP contribution is -2.47. The molecule has 0 bridgehead atoms. The molecule has 0 spiro atoms. The number of carbonyl (C=O) groups excluding carboxylic acids is 2. The summed E-state index contributed by atoms with van der Waals surface area (Å²) in [6.07, 6.45) is 3.18. The van der Waals surface area contributed by atoms with E-state index in [9.17, 15) is 9.59 Å². The normalized spacial score (nSPS) is 17.0. The minimum atomic E-state index is -0.234. The second-order valence-electron chi connectivity index (χ2n) is 6.17. The predicted molar refractivity (Wildman–Crippen MR) is 99.6 cm³/mol. The number of anilines is 2. The summed E-state index contributed by atoms with van der Waals surface area (Å²) in [4.78, 5) is 30.9. The first-order valence-electron chi connectivity index (χ1n) is 8.44. The van der Waals surface area contributed by atoms with E-state index in [0.29, 0.717) is 5.13 Å². The van der Waals surface area contributed by atoms with Crippen LogP contribution in [0.1, 0.15) is 19.8 Å². The van der Waals surface area contributed by atoms with Crippen LogP contribution >= 0.6 is 11.3 Å². The molecular weight excluding hydrogens is 336 g/mol. The van der Waals surface area contributed by atoms with Gasteiger partial charge < -0.3 is 10.6 Å². The minimum Gasteiger partial charge on any atom is -0.326 e.